The fourth-order valence-corrected chi connectivity index (χ4v) is 2.84. The summed E-state index contributed by atoms with van der Waals surface area (Å²) in [4.78, 5) is 37.0. The van der Waals surface area contributed by atoms with Gasteiger partial charge in [0.05, 0.1) is 5.69 Å². The van der Waals surface area contributed by atoms with Gasteiger partial charge in [-0.15, -0.1) is 10.2 Å². The molecule has 1 amide bonds. The number of carbonyl (C=O) groups is 1. The van der Waals surface area contributed by atoms with Gasteiger partial charge in [-0.1, -0.05) is 12.1 Å². The molecule has 4 aromatic rings. The van der Waals surface area contributed by atoms with E-state index in [0.717, 1.165) is 11.3 Å². The Morgan fingerprint density at radius 1 is 1.07 bits per heavy atom. The van der Waals surface area contributed by atoms with Gasteiger partial charge in [0, 0.05) is 36.5 Å². The lowest BCUT2D eigenvalue weighted by Gasteiger charge is -2.08. The lowest BCUT2D eigenvalue weighted by molar-refractivity contribution is -0.116. The molecular weight excluding hydrogens is 374 g/mol. The quantitative estimate of drug-likeness (QED) is 0.522. The Morgan fingerprint density at radius 2 is 1.86 bits per heavy atom. The van der Waals surface area contributed by atoms with Crippen LogP contribution in [0, 0.1) is 6.92 Å². The van der Waals surface area contributed by atoms with E-state index in [-0.39, 0.29) is 18.9 Å². The third-order valence-corrected chi connectivity index (χ3v) is 4.36. The minimum absolute atomic E-state index is 0.0961. The number of rotatable bonds is 5. The molecule has 0 aliphatic heterocycles. The molecule has 146 valence electrons. The molecule has 0 unspecified atom stereocenters. The molecule has 0 aliphatic rings. The van der Waals surface area contributed by atoms with Gasteiger partial charge in [0.25, 0.3) is 5.56 Å². The molecular formula is C19H17N7O3. The van der Waals surface area contributed by atoms with E-state index in [1.54, 1.807) is 16.6 Å². The number of amides is 1. The summed E-state index contributed by atoms with van der Waals surface area (Å²) in [5.74, 6) is 0.461. The van der Waals surface area contributed by atoms with Crippen LogP contribution in [0.4, 0.5) is 5.69 Å². The highest BCUT2D eigenvalue weighted by molar-refractivity contribution is 5.90. The lowest BCUT2D eigenvalue weighted by Crippen LogP contribution is -2.29. The zero-order chi connectivity index (χ0) is 20.4. The zero-order valence-electron chi connectivity index (χ0n) is 15.5. The SMILES string of the molecule is Cc1nnc2ccc(-c3ccc(NC(=O)CCn4ccc(=O)[nH]c4=O)cc3)nn12. The number of carbonyl (C=O) groups excluding carboxylic acids is 1. The third kappa shape index (κ3) is 3.95. The summed E-state index contributed by atoms with van der Waals surface area (Å²) in [5.41, 5.74) is 1.95. The van der Waals surface area contributed by atoms with Gasteiger partial charge in [-0.3, -0.25) is 14.6 Å². The topological polar surface area (TPSA) is 127 Å². The van der Waals surface area contributed by atoms with Crippen molar-refractivity contribution in [1.29, 1.82) is 0 Å². The number of benzene rings is 1. The first-order valence-electron chi connectivity index (χ1n) is 8.89. The summed E-state index contributed by atoms with van der Waals surface area (Å²) in [6, 6.07) is 12.2. The van der Waals surface area contributed by atoms with Crippen LogP contribution in [0.15, 0.2) is 58.3 Å². The van der Waals surface area contributed by atoms with Crippen LogP contribution in [0.3, 0.4) is 0 Å². The number of aryl methyl sites for hydroxylation is 2. The normalized spacial score (nSPS) is 10.9. The van der Waals surface area contributed by atoms with Crippen LogP contribution in [0.5, 0.6) is 0 Å². The number of fused-ring (bicyclic) bond motifs is 1. The highest BCUT2D eigenvalue weighted by Gasteiger charge is 2.07. The van der Waals surface area contributed by atoms with Crippen LogP contribution >= 0.6 is 0 Å². The van der Waals surface area contributed by atoms with Crippen molar-refractivity contribution in [3.05, 3.63) is 75.3 Å². The molecule has 0 radical (unpaired) electrons. The molecule has 10 heteroatoms. The van der Waals surface area contributed by atoms with E-state index in [1.807, 2.05) is 31.2 Å². The van der Waals surface area contributed by atoms with Gasteiger partial charge in [-0.05, 0) is 31.2 Å². The largest absolute Gasteiger partial charge is 0.328 e. The number of H-pyrrole nitrogens is 1. The van der Waals surface area contributed by atoms with Crippen molar-refractivity contribution in [2.75, 3.05) is 5.32 Å². The second kappa shape index (κ2) is 7.50. The Bertz CT molecular complexity index is 1300. The van der Waals surface area contributed by atoms with E-state index in [2.05, 4.69) is 25.6 Å². The van der Waals surface area contributed by atoms with Crippen LogP contribution < -0.4 is 16.6 Å². The van der Waals surface area contributed by atoms with Crippen LogP contribution in [-0.2, 0) is 11.3 Å². The molecule has 1 aromatic carbocycles. The molecule has 3 heterocycles. The van der Waals surface area contributed by atoms with Crippen LogP contribution in [-0.4, -0.2) is 35.3 Å². The second-order valence-electron chi connectivity index (χ2n) is 6.41. The molecule has 0 aliphatic carbocycles. The van der Waals surface area contributed by atoms with Crippen molar-refractivity contribution in [1.82, 2.24) is 29.4 Å². The highest BCUT2D eigenvalue weighted by atomic mass is 16.2. The van der Waals surface area contributed by atoms with Crippen molar-refractivity contribution in [3.8, 4) is 11.3 Å². The minimum atomic E-state index is -0.539. The van der Waals surface area contributed by atoms with Crippen molar-refractivity contribution < 1.29 is 4.79 Å². The first-order chi connectivity index (χ1) is 14.0. The maximum absolute atomic E-state index is 12.1. The minimum Gasteiger partial charge on any atom is -0.326 e. The van der Waals surface area contributed by atoms with Gasteiger partial charge in [-0.2, -0.15) is 9.61 Å². The lowest BCUT2D eigenvalue weighted by atomic mass is 10.1. The van der Waals surface area contributed by atoms with Gasteiger partial charge in [0.1, 0.15) is 0 Å². The molecule has 10 nitrogen and oxygen atoms in total. The summed E-state index contributed by atoms with van der Waals surface area (Å²) >= 11 is 0. The molecule has 4 rings (SSSR count). The molecule has 0 saturated carbocycles. The van der Waals surface area contributed by atoms with Gasteiger partial charge in [0.2, 0.25) is 5.91 Å². The van der Waals surface area contributed by atoms with Crippen molar-refractivity contribution in [2.24, 2.45) is 0 Å². The Labute approximate surface area is 163 Å². The van der Waals surface area contributed by atoms with Crippen molar-refractivity contribution >= 4 is 17.2 Å². The number of nitrogens with zero attached hydrogens (tertiary/aromatic N) is 5. The van der Waals surface area contributed by atoms with E-state index in [1.165, 1.54) is 16.8 Å². The van der Waals surface area contributed by atoms with Crippen molar-refractivity contribution in [3.63, 3.8) is 0 Å². The maximum atomic E-state index is 12.1. The summed E-state index contributed by atoms with van der Waals surface area (Å²) in [5, 5.41) is 15.3. The summed E-state index contributed by atoms with van der Waals surface area (Å²) < 4.78 is 2.95. The average molecular weight is 391 g/mol. The Hall–Kier alpha value is -4.08. The molecule has 0 saturated heterocycles. The first kappa shape index (κ1) is 18.3. The Kier molecular flexibility index (Phi) is 4.73. The smallest absolute Gasteiger partial charge is 0.326 e. The maximum Gasteiger partial charge on any atom is 0.328 e. The van der Waals surface area contributed by atoms with Crippen LogP contribution in [0.2, 0.25) is 0 Å². The number of aromatic nitrogens is 6. The second-order valence-corrected chi connectivity index (χ2v) is 6.41. The molecule has 0 bridgehead atoms. The number of hydrogen-bond donors (Lipinski definition) is 2. The monoisotopic (exact) mass is 391 g/mol. The van der Waals surface area contributed by atoms with Crippen molar-refractivity contribution in [2.45, 2.75) is 19.9 Å². The Balaban J connectivity index is 1.42. The number of nitrogens with one attached hydrogen (secondary N) is 2. The van der Waals surface area contributed by atoms with Crippen LogP contribution in [0.1, 0.15) is 12.2 Å². The first-order valence-corrected chi connectivity index (χ1v) is 8.89. The number of aromatic amines is 1. The summed E-state index contributed by atoms with van der Waals surface area (Å²) in [6.45, 7) is 2.00. The predicted octanol–water partition coefficient (Wildman–Crippen LogP) is 0.979. The molecule has 0 fully saturated rings. The molecule has 2 N–H and O–H groups in total. The zero-order valence-corrected chi connectivity index (χ0v) is 15.5. The third-order valence-electron chi connectivity index (χ3n) is 4.36. The molecule has 3 aromatic heterocycles. The summed E-state index contributed by atoms with van der Waals surface area (Å²) in [6.07, 6.45) is 1.46. The molecule has 0 spiro atoms. The van der Waals surface area contributed by atoms with Gasteiger partial charge >= 0.3 is 5.69 Å². The number of anilines is 1. The number of hydrogen-bond acceptors (Lipinski definition) is 6. The molecule has 0 atom stereocenters. The van der Waals surface area contributed by atoms with Gasteiger partial charge < -0.3 is 9.88 Å². The predicted molar refractivity (Wildman–Crippen MR) is 106 cm³/mol. The van der Waals surface area contributed by atoms with Gasteiger partial charge in [-0.25, -0.2) is 4.79 Å². The standard InChI is InChI=1S/C19H17N7O3/c1-12-22-23-16-7-6-15(24-26(12)16)13-2-4-14(5-3-13)20-17(27)8-10-25-11-9-18(28)21-19(25)29/h2-7,9,11H,8,10H2,1H3,(H,20,27)(H,21,28,29). The average Bonchev–Trinajstić information content (AvgIpc) is 3.08. The van der Waals surface area contributed by atoms with E-state index in [4.69, 9.17) is 0 Å². The van der Waals surface area contributed by atoms with E-state index >= 15 is 0 Å². The highest BCUT2D eigenvalue weighted by Crippen LogP contribution is 2.20. The van der Waals surface area contributed by atoms with Crippen LogP contribution in [0.25, 0.3) is 16.9 Å². The fourth-order valence-electron chi connectivity index (χ4n) is 2.84. The molecule has 29 heavy (non-hydrogen) atoms. The fraction of sp³-hybridized carbons (Fsp3) is 0.158. The van der Waals surface area contributed by atoms with E-state index < -0.39 is 11.2 Å². The Morgan fingerprint density at radius 3 is 2.62 bits per heavy atom. The van der Waals surface area contributed by atoms with E-state index in [9.17, 15) is 14.4 Å². The van der Waals surface area contributed by atoms with E-state index in [0.29, 0.717) is 17.2 Å². The summed E-state index contributed by atoms with van der Waals surface area (Å²) in [7, 11) is 0. The van der Waals surface area contributed by atoms with Gasteiger partial charge in [0.15, 0.2) is 11.5 Å².